The van der Waals surface area contributed by atoms with E-state index in [1.165, 1.54) is 17.0 Å². The van der Waals surface area contributed by atoms with Gasteiger partial charge in [0.1, 0.15) is 5.75 Å². The fourth-order valence-electron chi connectivity index (χ4n) is 3.87. The Labute approximate surface area is 285 Å². The third kappa shape index (κ3) is 24.5. The molecule has 17 heteroatoms. The molecular formula is C31H56N4O12P-. The quantitative estimate of drug-likeness (QED) is 0.0768. The van der Waals surface area contributed by atoms with Gasteiger partial charge in [-0.3, -0.25) is 23.8 Å². The van der Waals surface area contributed by atoms with Crippen molar-refractivity contribution in [3.8, 4) is 5.75 Å². The first kappa shape index (κ1) is 45.3. The van der Waals surface area contributed by atoms with E-state index in [1.54, 1.807) is 33.5 Å². The number of nitrogens with one attached hydrogen (secondary N) is 3. The van der Waals surface area contributed by atoms with Crippen molar-refractivity contribution in [3.63, 3.8) is 0 Å². The first-order valence-electron chi connectivity index (χ1n) is 15.9. The molecule has 0 bridgehead atoms. The molecule has 48 heavy (non-hydrogen) atoms. The Kier molecular flexibility index (Phi) is 27.7. The van der Waals surface area contributed by atoms with Crippen LogP contribution in [0.5, 0.6) is 5.75 Å². The Morgan fingerprint density at radius 2 is 1.12 bits per heavy atom. The highest BCUT2D eigenvalue weighted by atomic mass is 31.2. The van der Waals surface area contributed by atoms with Crippen molar-refractivity contribution >= 4 is 25.3 Å². The number of benzene rings is 1. The second-order valence-corrected chi connectivity index (χ2v) is 11.7. The van der Waals surface area contributed by atoms with Gasteiger partial charge in [-0.15, -0.1) is 0 Å². The lowest BCUT2D eigenvalue weighted by atomic mass is 10.0. The smallest absolute Gasteiger partial charge is 0.237 e. The molecule has 0 radical (unpaired) electrons. The van der Waals surface area contributed by atoms with Crippen molar-refractivity contribution in [2.24, 2.45) is 0 Å². The topological polar surface area (TPSA) is 195 Å². The van der Waals surface area contributed by atoms with E-state index >= 15 is 0 Å². The van der Waals surface area contributed by atoms with Crippen LogP contribution in [0, 0.1) is 0 Å². The molecule has 278 valence electrons. The third-order valence-corrected chi connectivity index (χ3v) is 6.58. The minimum Gasteiger partial charge on any atom is -0.769 e. The van der Waals surface area contributed by atoms with Crippen LogP contribution in [0.2, 0.25) is 0 Å². The average molecular weight is 708 g/mol. The number of hydrogen-bond acceptors (Lipinski definition) is 13. The molecule has 0 saturated heterocycles. The van der Waals surface area contributed by atoms with Crippen molar-refractivity contribution in [1.82, 2.24) is 20.9 Å². The molecule has 3 amide bonds. The second kappa shape index (κ2) is 29.3. The van der Waals surface area contributed by atoms with E-state index in [2.05, 4.69) is 16.0 Å². The van der Waals surface area contributed by atoms with Crippen molar-refractivity contribution in [2.75, 3.05) is 120 Å². The first-order chi connectivity index (χ1) is 23.1. The van der Waals surface area contributed by atoms with Crippen LogP contribution in [0.4, 0.5) is 0 Å². The van der Waals surface area contributed by atoms with Crippen LogP contribution >= 0.6 is 7.60 Å². The lowest BCUT2D eigenvalue weighted by molar-refractivity contribution is -0.188. The standard InChI is InChI=1S/C29H51N4O12P.C2H6/c1-39-15-18-42-12-9-30-27(34)22-33(23-28(35)31-10-13-43-19-16-40-2)26(29(36)32-11-14-44-20-17-41-3)21-24-5-7-25(8-6-24)45-46(4,37)38;1-2/h5-8,26H,9-23H2,1-4H3,(H,30,34)(H,31,35)(H,32,36)(H,37,38);1-2H3/p-1. The summed E-state index contributed by atoms with van der Waals surface area (Å²) in [6.07, 6.45) is 0.0959. The Bertz CT molecular complexity index is 999. The monoisotopic (exact) mass is 707 g/mol. The third-order valence-electron chi connectivity index (χ3n) is 6.04. The molecule has 0 fully saturated rings. The predicted molar refractivity (Wildman–Crippen MR) is 178 cm³/mol. The zero-order valence-corrected chi connectivity index (χ0v) is 30.2. The van der Waals surface area contributed by atoms with Crippen LogP contribution in [0.25, 0.3) is 0 Å². The van der Waals surface area contributed by atoms with Gasteiger partial charge >= 0.3 is 0 Å². The molecule has 16 nitrogen and oxygen atoms in total. The van der Waals surface area contributed by atoms with Crippen LogP contribution in [0.1, 0.15) is 19.4 Å². The van der Waals surface area contributed by atoms with Crippen molar-refractivity contribution in [1.29, 1.82) is 0 Å². The summed E-state index contributed by atoms with van der Waals surface area (Å²) in [5.74, 6) is -1.14. The van der Waals surface area contributed by atoms with E-state index < -0.39 is 31.4 Å². The van der Waals surface area contributed by atoms with Crippen LogP contribution in [0.15, 0.2) is 24.3 Å². The number of methoxy groups -OCH3 is 3. The van der Waals surface area contributed by atoms with Gasteiger partial charge in [0.05, 0.1) is 78.6 Å². The molecule has 0 spiro atoms. The molecule has 1 aromatic carbocycles. The number of hydrogen-bond donors (Lipinski definition) is 3. The SMILES string of the molecule is CC.COCCOCCNC(=O)CN(CC(=O)NCCOCCOC)C(Cc1ccc(OP(C)(=O)[O-])cc1)C(=O)NCCOCCOC. The average Bonchev–Trinajstić information content (AvgIpc) is 3.05. The summed E-state index contributed by atoms with van der Waals surface area (Å²) >= 11 is 0. The van der Waals surface area contributed by atoms with Gasteiger partial charge in [0.15, 0.2) is 7.60 Å². The summed E-state index contributed by atoms with van der Waals surface area (Å²) in [7, 11) is 0.660. The molecule has 3 N–H and O–H groups in total. The zero-order chi connectivity index (χ0) is 36.0. The maximum absolute atomic E-state index is 13.6. The molecule has 2 atom stereocenters. The normalized spacial score (nSPS) is 12.8. The van der Waals surface area contributed by atoms with E-state index in [9.17, 15) is 23.8 Å². The fraction of sp³-hybridized carbons (Fsp3) is 0.710. The molecule has 0 aliphatic rings. The minimum atomic E-state index is -4.01. The van der Waals surface area contributed by atoms with Gasteiger partial charge in [-0.2, -0.15) is 0 Å². The van der Waals surface area contributed by atoms with E-state index in [0.29, 0.717) is 45.2 Å². The van der Waals surface area contributed by atoms with Gasteiger partial charge in [0.25, 0.3) is 0 Å². The Morgan fingerprint density at radius 1 is 0.708 bits per heavy atom. The van der Waals surface area contributed by atoms with Crippen LogP contribution in [-0.2, 0) is 53.8 Å². The number of amides is 3. The number of nitrogens with zero attached hydrogens (tertiary/aromatic N) is 1. The van der Waals surface area contributed by atoms with E-state index in [4.69, 9.17) is 32.9 Å². The number of carbonyl (C=O) groups excluding carboxylic acids is 3. The highest BCUT2D eigenvalue weighted by molar-refractivity contribution is 7.50. The summed E-state index contributed by atoms with van der Waals surface area (Å²) in [5.41, 5.74) is 0.643. The molecule has 1 rings (SSSR count). The van der Waals surface area contributed by atoms with E-state index in [-0.39, 0.29) is 64.7 Å². The summed E-state index contributed by atoms with van der Waals surface area (Å²) in [6.45, 7) is 8.15. The van der Waals surface area contributed by atoms with Crippen molar-refractivity contribution in [2.45, 2.75) is 26.3 Å². The fourth-order valence-corrected chi connectivity index (χ4v) is 4.37. The number of carbonyl (C=O) groups is 3. The van der Waals surface area contributed by atoms with Crippen LogP contribution in [-0.4, -0.2) is 149 Å². The van der Waals surface area contributed by atoms with Gasteiger partial charge in [-0.1, -0.05) is 26.0 Å². The number of rotatable bonds is 28. The zero-order valence-electron chi connectivity index (χ0n) is 29.3. The maximum Gasteiger partial charge on any atom is 0.237 e. The summed E-state index contributed by atoms with van der Waals surface area (Å²) in [6, 6.07) is 5.21. The molecular weight excluding hydrogens is 651 g/mol. The Hall–Kier alpha value is -2.66. The second-order valence-electron chi connectivity index (χ2n) is 9.94. The molecule has 0 heterocycles. The Balaban J connectivity index is 0.0000108. The van der Waals surface area contributed by atoms with Gasteiger partial charge in [0.2, 0.25) is 17.7 Å². The molecule has 0 aliphatic heterocycles. The highest BCUT2D eigenvalue weighted by Crippen LogP contribution is 2.33. The predicted octanol–water partition coefficient (Wildman–Crippen LogP) is -0.174. The van der Waals surface area contributed by atoms with Crippen LogP contribution < -0.4 is 25.4 Å². The van der Waals surface area contributed by atoms with E-state index in [0.717, 1.165) is 6.66 Å². The van der Waals surface area contributed by atoms with Gasteiger partial charge in [-0.25, -0.2) is 0 Å². The minimum absolute atomic E-state index is 0.0959. The largest absolute Gasteiger partial charge is 0.769 e. The highest BCUT2D eigenvalue weighted by Gasteiger charge is 2.29. The summed E-state index contributed by atoms with van der Waals surface area (Å²) < 4.78 is 47.5. The lowest BCUT2D eigenvalue weighted by Crippen LogP contribution is -2.54. The van der Waals surface area contributed by atoms with Gasteiger partial charge in [0, 0.05) is 47.6 Å². The Morgan fingerprint density at radius 3 is 1.52 bits per heavy atom. The molecule has 0 aliphatic carbocycles. The van der Waals surface area contributed by atoms with E-state index in [1.807, 2.05) is 13.8 Å². The maximum atomic E-state index is 13.6. The van der Waals surface area contributed by atoms with Crippen LogP contribution in [0.3, 0.4) is 0 Å². The molecule has 2 unspecified atom stereocenters. The summed E-state index contributed by atoms with van der Waals surface area (Å²) in [4.78, 5) is 52.5. The molecule has 1 aromatic rings. The van der Waals surface area contributed by atoms with Gasteiger partial charge < -0.3 is 53.8 Å². The molecule has 0 aromatic heterocycles. The first-order valence-corrected chi connectivity index (χ1v) is 17.9. The lowest BCUT2D eigenvalue weighted by Gasteiger charge is -2.30. The molecule has 0 saturated carbocycles. The number of ether oxygens (including phenoxy) is 6. The summed E-state index contributed by atoms with van der Waals surface area (Å²) in [5, 5.41) is 8.31. The van der Waals surface area contributed by atoms with Crippen molar-refractivity contribution < 1.29 is 56.8 Å². The van der Waals surface area contributed by atoms with Gasteiger partial charge in [-0.05, 0) is 24.1 Å². The van der Waals surface area contributed by atoms with Crippen molar-refractivity contribution in [3.05, 3.63) is 29.8 Å².